The molecule has 1 amide bonds. The summed E-state index contributed by atoms with van der Waals surface area (Å²) in [5, 5.41) is 6.03. The van der Waals surface area contributed by atoms with Crippen molar-refractivity contribution >= 4 is 49.6 Å². The smallest absolute Gasteiger partial charge is 0.269 e. The molecule has 8 heteroatoms. The summed E-state index contributed by atoms with van der Waals surface area (Å²) < 4.78 is 0. The van der Waals surface area contributed by atoms with E-state index in [9.17, 15) is 4.79 Å². The largest absolute Gasteiger partial charge is 0.397 e. The van der Waals surface area contributed by atoms with Gasteiger partial charge in [-0.1, -0.05) is 19.9 Å². The standard InChI is InChI=1S/C20H19N5OS2/c1-11(2)9-12-6-7-13-16(21)17(28-19(13)23-12)18(26)25-20-24-15(10-27-20)14-5-3-4-8-22-14/h3-8,10-11H,9,21H2,1-2H3,(H,24,25,26). The Balaban J connectivity index is 1.57. The van der Waals surface area contributed by atoms with Crippen molar-refractivity contribution < 1.29 is 4.79 Å². The lowest BCUT2D eigenvalue weighted by molar-refractivity contribution is 0.103. The number of amides is 1. The molecule has 0 aromatic carbocycles. The first-order chi connectivity index (χ1) is 13.5. The van der Waals surface area contributed by atoms with Gasteiger partial charge in [-0.2, -0.15) is 0 Å². The molecule has 0 aliphatic rings. The molecule has 28 heavy (non-hydrogen) atoms. The van der Waals surface area contributed by atoms with Crippen molar-refractivity contribution in [2.75, 3.05) is 11.1 Å². The zero-order chi connectivity index (χ0) is 19.7. The quantitative estimate of drug-likeness (QED) is 0.491. The van der Waals surface area contributed by atoms with E-state index in [1.807, 2.05) is 35.7 Å². The number of hydrogen-bond donors (Lipinski definition) is 2. The molecule has 0 atom stereocenters. The van der Waals surface area contributed by atoms with E-state index in [4.69, 9.17) is 5.73 Å². The van der Waals surface area contributed by atoms with Crippen molar-refractivity contribution in [2.45, 2.75) is 20.3 Å². The second-order valence-corrected chi connectivity index (χ2v) is 8.66. The number of hydrogen-bond acceptors (Lipinski definition) is 7. The van der Waals surface area contributed by atoms with Crippen LogP contribution in [0.4, 0.5) is 10.8 Å². The van der Waals surface area contributed by atoms with Crippen LogP contribution in [0.5, 0.6) is 0 Å². The van der Waals surface area contributed by atoms with Gasteiger partial charge in [0.05, 0.1) is 11.4 Å². The van der Waals surface area contributed by atoms with Gasteiger partial charge >= 0.3 is 0 Å². The van der Waals surface area contributed by atoms with Crippen molar-refractivity contribution in [1.82, 2.24) is 15.0 Å². The zero-order valence-corrected chi connectivity index (χ0v) is 17.1. The molecule has 0 radical (unpaired) electrons. The number of fused-ring (bicyclic) bond motifs is 1. The Bertz CT molecular complexity index is 1130. The lowest BCUT2D eigenvalue weighted by Gasteiger charge is -2.03. The molecule has 0 bridgehead atoms. The SMILES string of the molecule is CC(C)Cc1ccc2c(N)c(C(=O)Nc3nc(-c4ccccn4)cs3)sc2n1. The third-order valence-corrected chi connectivity index (χ3v) is 6.00. The van der Waals surface area contributed by atoms with Crippen LogP contribution < -0.4 is 11.1 Å². The second kappa shape index (κ2) is 7.65. The lowest BCUT2D eigenvalue weighted by atomic mass is 10.1. The molecule has 0 spiro atoms. The highest BCUT2D eigenvalue weighted by atomic mass is 32.1. The van der Waals surface area contributed by atoms with Crippen molar-refractivity contribution in [3.05, 3.63) is 52.5 Å². The number of carbonyl (C=O) groups excluding carboxylic acids is 1. The molecule has 3 N–H and O–H groups in total. The monoisotopic (exact) mass is 409 g/mol. The highest BCUT2D eigenvalue weighted by Crippen LogP contribution is 2.34. The molecule has 0 saturated heterocycles. The van der Waals surface area contributed by atoms with Crippen molar-refractivity contribution in [3.63, 3.8) is 0 Å². The first-order valence-corrected chi connectivity index (χ1v) is 10.6. The lowest BCUT2D eigenvalue weighted by Crippen LogP contribution is -2.11. The van der Waals surface area contributed by atoms with Crippen LogP contribution in [0.2, 0.25) is 0 Å². The number of anilines is 2. The maximum Gasteiger partial charge on any atom is 0.269 e. The number of aromatic nitrogens is 3. The summed E-state index contributed by atoms with van der Waals surface area (Å²) in [5.41, 5.74) is 9.19. The third kappa shape index (κ3) is 3.74. The number of carbonyl (C=O) groups is 1. The van der Waals surface area contributed by atoms with E-state index < -0.39 is 0 Å². The van der Waals surface area contributed by atoms with Gasteiger partial charge in [0.1, 0.15) is 15.4 Å². The van der Waals surface area contributed by atoms with Gasteiger partial charge in [-0.3, -0.25) is 15.1 Å². The summed E-state index contributed by atoms with van der Waals surface area (Å²) in [4.78, 5) is 27.4. The summed E-state index contributed by atoms with van der Waals surface area (Å²) in [6.07, 6.45) is 2.61. The number of thiazole rings is 1. The zero-order valence-electron chi connectivity index (χ0n) is 15.5. The summed E-state index contributed by atoms with van der Waals surface area (Å²) in [6.45, 7) is 4.31. The first kappa shape index (κ1) is 18.5. The van der Waals surface area contributed by atoms with Gasteiger partial charge in [0.15, 0.2) is 5.13 Å². The van der Waals surface area contributed by atoms with Gasteiger partial charge in [0, 0.05) is 22.7 Å². The van der Waals surface area contributed by atoms with Gasteiger partial charge in [-0.25, -0.2) is 9.97 Å². The number of pyridine rings is 2. The average Bonchev–Trinajstić information content (AvgIpc) is 3.26. The number of nitrogen functional groups attached to an aromatic ring is 1. The molecule has 4 heterocycles. The molecule has 4 rings (SSSR count). The van der Waals surface area contributed by atoms with E-state index in [-0.39, 0.29) is 5.91 Å². The minimum atomic E-state index is -0.271. The Labute approximate surface area is 170 Å². The fourth-order valence-corrected chi connectivity index (χ4v) is 4.56. The van der Waals surface area contributed by atoms with E-state index in [1.54, 1.807) is 6.20 Å². The summed E-state index contributed by atoms with van der Waals surface area (Å²) in [7, 11) is 0. The molecule has 4 aromatic rings. The van der Waals surface area contributed by atoms with Crippen LogP contribution in [0.1, 0.15) is 29.2 Å². The number of nitrogens with two attached hydrogens (primary N) is 1. The second-order valence-electron chi connectivity index (χ2n) is 6.81. The normalized spacial score (nSPS) is 11.2. The molecule has 4 aromatic heterocycles. The number of rotatable bonds is 5. The highest BCUT2D eigenvalue weighted by Gasteiger charge is 2.19. The predicted molar refractivity (Wildman–Crippen MR) is 116 cm³/mol. The van der Waals surface area contributed by atoms with Crippen LogP contribution in [0.25, 0.3) is 21.6 Å². The van der Waals surface area contributed by atoms with Crippen LogP contribution in [-0.2, 0) is 6.42 Å². The van der Waals surface area contributed by atoms with Crippen molar-refractivity contribution in [2.24, 2.45) is 5.92 Å². The Morgan fingerprint density at radius 1 is 1.18 bits per heavy atom. The van der Waals surface area contributed by atoms with Crippen LogP contribution in [-0.4, -0.2) is 20.9 Å². The fraction of sp³-hybridized carbons (Fsp3) is 0.200. The molecule has 0 unspecified atom stereocenters. The van der Waals surface area contributed by atoms with Gasteiger partial charge < -0.3 is 5.73 Å². The Morgan fingerprint density at radius 3 is 2.79 bits per heavy atom. The third-order valence-electron chi connectivity index (χ3n) is 4.13. The average molecular weight is 410 g/mol. The Kier molecular flexibility index (Phi) is 5.06. The number of thiophene rings is 1. The molecule has 142 valence electrons. The van der Waals surface area contributed by atoms with E-state index in [0.717, 1.165) is 33.7 Å². The van der Waals surface area contributed by atoms with Gasteiger partial charge in [0.2, 0.25) is 0 Å². The van der Waals surface area contributed by atoms with Crippen molar-refractivity contribution in [1.29, 1.82) is 0 Å². The van der Waals surface area contributed by atoms with Crippen molar-refractivity contribution in [3.8, 4) is 11.4 Å². The Hall–Kier alpha value is -2.84. The minimum absolute atomic E-state index is 0.271. The molecule has 0 aliphatic heterocycles. The van der Waals surface area contributed by atoms with E-state index in [0.29, 0.717) is 21.6 Å². The maximum atomic E-state index is 12.8. The molecular weight excluding hydrogens is 390 g/mol. The molecule has 0 aliphatic carbocycles. The van der Waals surface area contributed by atoms with Gasteiger partial charge in [-0.05, 0) is 36.6 Å². The van der Waals surface area contributed by atoms with Crippen LogP contribution in [0.15, 0.2) is 41.9 Å². The summed E-state index contributed by atoms with van der Waals surface area (Å²) in [6, 6.07) is 9.56. The summed E-state index contributed by atoms with van der Waals surface area (Å²) >= 11 is 2.67. The molecule has 0 saturated carbocycles. The van der Waals surface area contributed by atoms with Crippen LogP contribution in [0.3, 0.4) is 0 Å². The fourth-order valence-electron chi connectivity index (χ4n) is 2.85. The molecule has 6 nitrogen and oxygen atoms in total. The number of nitrogens with one attached hydrogen (secondary N) is 1. The van der Waals surface area contributed by atoms with E-state index in [1.165, 1.54) is 22.7 Å². The minimum Gasteiger partial charge on any atom is -0.397 e. The Morgan fingerprint density at radius 2 is 2.04 bits per heavy atom. The van der Waals surface area contributed by atoms with Gasteiger partial charge in [0.25, 0.3) is 5.91 Å². The summed E-state index contributed by atoms with van der Waals surface area (Å²) in [5.74, 6) is 0.246. The van der Waals surface area contributed by atoms with E-state index in [2.05, 4.69) is 34.1 Å². The first-order valence-electron chi connectivity index (χ1n) is 8.87. The predicted octanol–water partition coefficient (Wildman–Crippen LogP) is 4.85. The molecule has 0 fully saturated rings. The maximum absolute atomic E-state index is 12.8. The van der Waals surface area contributed by atoms with E-state index >= 15 is 0 Å². The number of nitrogens with zero attached hydrogens (tertiary/aromatic N) is 3. The van der Waals surface area contributed by atoms with Crippen LogP contribution in [0, 0.1) is 5.92 Å². The van der Waals surface area contributed by atoms with Gasteiger partial charge in [-0.15, -0.1) is 22.7 Å². The highest BCUT2D eigenvalue weighted by molar-refractivity contribution is 7.21. The molecular formula is C20H19N5OS2. The topological polar surface area (TPSA) is 93.8 Å². The van der Waals surface area contributed by atoms with Crippen LogP contribution >= 0.6 is 22.7 Å².